The summed E-state index contributed by atoms with van der Waals surface area (Å²) in [5, 5.41) is 4.56. The van der Waals surface area contributed by atoms with E-state index >= 15 is 0 Å². The van der Waals surface area contributed by atoms with Crippen LogP contribution in [0.2, 0.25) is 0 Å². The van der Waals surface area contributed by atoms with Crippen molar-refractivity contribution < 1.29 is 0 Å². The number of hydrogen-bond acceptors (Lipinski definition) is 2. The molecule has 1 nitrogen and oxygen atoms in total. The number of hydrogen-bond donors (Lipinski definition) is 1. The molecule has 0 aromatic heterocycles. The number of nitrogens with one attached hydrogen (secondary N) is 1. The van der Waals surface area contributed by atoms with Gasteiger partial charge < -0.3 is 5.32 Å². The van der Waals surface area contributed by atoms with Gasteiger partial charge in [-0.05, 0) is 6.42 Å². The van der Waals surface area contributed by atoms with E-state index in [-0.39, 0.29) is 0 Å². The maximum absolute atomic E-state index is 3.25. The molecule has 1 N–H and O–H groups in total. The summed E-state index contributed by atoms with van der Waals surface area (Å²) in [5.41, 5.74) is 0. The molecule has 0 spiro atoms. The highest BCUT2D eigenvalue weighted by molar-refractivity contribution is 8.03. The molecule has 8 heavy (non-hydrogen) atoms. The molecule has 0 amide bonds. The van der Waals surface area contributed by atoms with Crippen LogP contribution in [0, 0.1) is 6.42 Å². The van der Waals surface area contributed by atoms with E-state index in [4.69, 9.17) is 0 Å². The summed E-state index contributed by atoms with van der Waals surface area (Å²) in [6.07, 6.45) is 4.16. The van der Waals surface area contributed by atoms with Crippen molar-refractivity contribution in [3.8, 4) is 0 Å². The predicted molar refractivity (Wildman–Crippen MR) is 38.5 cm³/mol. The van der Waals surface area contributed by atoms with Crippen molar-refractivity contribution in [2.24, 2.45) is 0 Å². The molecule has 0 aromatic rings. The van der Waals surface area contributed by atoms with Gasteiger partial charge in [-0.25, -0.2) is 0 Å². The van der Waals surface area contributed by atoms with Crippen molar-refractivity contribution in [3.63, 3.8) is 0 Å². The van der Waals surface area contributed by atoms with Gasteiger partial charge in [-0.1, -0.05) is 13.0 Å². The van der Waals surface area contributed by atoms with Crippen molar-refractivity contribution in [3.05, 3.63) is 17.5 Å². The number of thioether (sulfide) groups is 1. The summed E-state index contributed by atoms with van der Waals surface area (Å²) in [7, 11) is 0. The van der Waals surface area contributed by atoms with Gasteiger partial charge in [-0.3, -0.25) is 0 Å². The van der Waals surface area contributed by atoms with Crippen molar-refractivity contribution >= 4 is 11.8 Å². The molecule has 1 rings (SSSR count). The highest BCUT2D eigenvalue weighted by Gasteiger charge is 2.02. The Balaban J connectivity index is 2.33. The molecule has 2 heteroatoms. The van der Waals surface area contributed by atoms with Crippen LogP contribution < -0.4 is 5.32 Å². The Labute approximate surface area is 54.5 Å². The van der Waals surface area contributed by atoms with Crippen LogP contribution in [-0.2, 0) is 0 Å². The fourth-order valence-electron chi connectivity index (χ4n) is 0.645. The zero-order valence-corrected chi connectivity index (χ0v) is 5.79. The van der Waals surface area contributed by atoms with Crippen molar-refractivity contribution in [2.45, 2.75) is 6.92 Å². The minimum atomic E-state index is 1.13. The topological polar surface area (TPSA) is 12.0 Å². The fraction of sp³-hybridized carbons (Fsp3) is 0.500. The normalized spacial score (nSPS) is 23.9. The first-order chi connectivity index (χ1) is 3.93. The van der Waals surface area contributed by atoms with Gasteiger partial charge in [0.1, 0.15) is 0 Å². The predicted octanol–water partition coefficient (Wildman–Crippen LogP) is 1.39. The first-order valence-electron chi connectivity index (χ1n) is 2.80. The van der Waals surface area contributed by atoms with Crippen LogP contribution in [-0.4, -0.2) is 12.3 Å². The van der Waals surface area contributed by atoms with Crippen LogP contribution in [0.25, 0.3) is 0 Å². The van der Waals surface area contributed by atoms with Crippen LogP contribution in [0.1, 0.15) is 6.92 Å². The molecule has 45 valence electrons. The highest BCUT2D eigenvalue weighted by atomic mass is 32.2. The molecule has 1 saturated heterocycles. The second-order valence-corrected chi connectivity index (χ2v) is 2.78. The van der Waals surface area contributed by atoms with Gasteiger partial charge in [0.2, 0.25) is 0 Å². The van der Waals surface area contributed by atoms with E-state index < -0.39 is 0 Å². The average molecular weight is 128 g/mol. The van der Waals surface area contributed by atoms with Crippen LogP contribution >= 0.6 is 11.8 Å². The maximum Gasteiger partial charge on any atom is 0.0644 e. The van der Waals surface area contributed by atoms with E-state index in [0.29, 0.717) is 0 Å². The molecule has 0 atom stereocenters. The molecule has 1 aliphatic rings. The lowest BCUT2D eigenvalue weighted by molar-refractivity contribution is 0.945. The molecule has 0 bridgehead atoms. The summed E-state index contributed by atoms with van der Waals surface area (Å²) < 4.78 is 0. The van der Waals surface area contributed by atoms with Crippen LogP contribution in [0.15, 0.2) is 11.1 Å². The molecule has 1 radical (unpaired) electrons. The molecule has 0 aromatic carbocycles. The second-order valence-electron chi connectivity index (χ2n) is 1.64. The third-order valence-corrected chi connectivity index (χ3v) is 1.98. The molecule has 0 saturated carbocycles. The summed E-state index contributed by atoms with van der Waals surface area (Å²) in [4.78, 5) is 0. The monoisotopic (exact) mass is 128 g/mol. The van der Waals surface area contributed by atoms with Gasteiger partial charge in [0.05, 0.1) is 5.03 Å². The van der Waals surface area contributed by atoms with Gasteiger partial charge in [-0.2, -0.15) is 0 Å². The third kappa shape index (κ3) is 1.44. The average Bonchev–Trinajstić information content (AvgIpc) is 2.19. The molecular weight excluding hydrogens is 118 g/mol. The standard InChI is InChI=1S/C6H10NS/c1-2-3-6-7-4-5-8-6/h2-3,7H,4-5H2,1H3/b6-3+. The summed E-state index contributed by atoms with van der Waals surface area (Å²) in [6, 6.07) is 0. The SMILES string of the molecule is C[CH]/C=C1\NCCS1. The number of rotatable bonds is 1. The Hall–Kier alpha value is -0.110. The Morgan fingerprint density at radius 2 is 2.62 bits per heavy atom. The summed E-state index contributed by atoms with van der Waals surface area (Å²) >= 11 is 1.89. The van der Waals surface area contributed by atoms with Crippen molar-refractivity contribution in [1.29, 1.82) is 0 Å². The second kappa shape index (κ2) is 3.02. The minimum Gasteiger partial charge on any atom is -0.379 e. The highest BCUT2D eigenvalue weighted by Crippen LogP contribution is 2.17. The number of allylic oxidation sites excluding steroid dienone is 1. The van der Waals surface area contributed by atoms with E-state index in [1.807, 2.05) is 18.7 Å². The van der Waals surface area contributed by atoms with Gasteiger partial charge in [-0.15, -0.1) is 11.8 Å². The van der Waals surface area contributed by atoms with Gasteiger partial charge in [0.25, 0.3) is 0 Å². The minimum absolute atomic E-state index is 1.13. The van der Waals surface area contributed by atoms with Crippen LogP contribution in [0.5, 0.6) is 0 Å². The van der Waals surface area contributed by atoms with E-state index in [0.717, 1.165) is 6.54 Å². The lowest BCUT2D eigenvalue weighted by Crippen LogP contribution is -2.03. The smallest absolute Gasteiger partial charge is 0.0644 e. The van der Waals surface area contributed by atoms with E-state index in [9.17, 15) is 0 Å². The lowest BCUT2D eigenvalue weighted by atomic mass is 10.5. The first kappa shape index (κ1) is 6.02. The lowest BCUT2D eigenvalue weighted by Gasteiger charge is -1.91. The largest absolute Gasteiger partial charge is 0.379 e. The Morgan fingerprint density at radius 1 is 1.75 bits per heavy atom. The zero-order valence-electron chi connectivity index (χ0n) is 4.98. The molecular formula is C6H10NS. The molecule has 0 unspecified atom stereocenters. The first-order valence-corrected chi connectivity index (χ1v) is 3.78. The maximum atomic E-state index is 3.25. The van der Waals surface area contributed by atoms with Crippen molar-refractivity contribution in [1.82, 2.24) is 5.32 Å². The zero-order chi connectivity index (χ0) is 5.82. The Bertz CT molecular complexity index is 90.7. The quantitative estimate of drug-likeness (QED) is 0.572. The van der Waals surface area contributed by atoms with E-state index in [1.54, 1.807) is 0 Å². The van der Waals surface area contributed by atoms with E-state index in [1.165, 1.54) is 10.8 Å². The summed E-state index contributed by atoms with van der Waals surface area (Å²) in [5.74, 6) is 1.22. The van der Waals surface area contributed by atoms with Gasteiger partial charge in [0, 0.05) is 12.3 Å². The molecule has 1 heterocycles. The van der Waals surface area contributed by atoms with Crippen LogP contribution in [0.4, 0.5) is 0 Å². The fourth-order valence-corrected chi connectivity index (χ4v) is 1.51. The third-order valence-electron chi connectivity index (χ3n) is 0.977. The van der Waals surface area contributed by atoms with Gasteiger partial charge >= 0.3 is 0 Å². The van der Waals surface area contributed by atoms with Gasteiger partial charge in [0.15, 0.2) is 0 Å². The summed E-state index contributed by atoms with van der Waals surface area (Å²) in [6.45, 7) is 3.16. The Morgan fingerprint density at radius 3 is 3.12 bits per heavy atom. The van der Waals surface area contributed by atoms with Crippen molar-refractivity contribution in [2.75, 3.05) is 12.3 Å². The molecule has 1 fully saturated rings. The Kier molecular flexibility index (Phi) is 2.27. The van der Waals surface area contributed by atoms with Crippen LogP contribution in [0.3, 0.4) is 0 Å². The van der Waals surface area contributed by atoms with E-state index in [2.05, 4.69) is 17.8 Å². The molecule has 1 aliphatic heterocycles. The molecule has 0 aliphatic carbocycles.